The van der Waals surface area contributed by atoms with Crippen molar-refractivity contribution in [2.45, 2.75) is 0 Å². The Kier molecular flexibility index (Phi) is 2.29. The van der Waals surface area contributed by atoms with E-state index in [1.807, 2.05) is 0 Å². The molecule has 3 heteroatoms. The third kappa shape index (κ3) is 1.74. The van der Waals surface area contributed by atoms with Crippen molar-refractivity contribution >= 4 is 17.8 Å². The van der Waals surface area contributed by atoms with Crippen LogP contribution in [0.15, 0.2) is 23.4 Å². The fourth-order valence-electron chi connectivity index (χ4n) is 0.565. The maximum absolute atomic E-state index is 8.11. The lowest BCUT2D eigenvalue weighted by Gasteiger charge is -1.88. The van der Waals surface area contributed by atoms with Crippen LogP contribution in [-0.2, 0) is 0 Å². The topological polar surface area (TPSA) is 32.6 Å². The molecule has 1 N–H and O–H groups in total. The molecule has 1 radical (unpaired) electrons. The zero-order chi connectivity index (χ0) is 7.40. The Morgan fingerprint density at radius 3 is 2.90 bits per heavy atom. The molecule has 0 aliphatic rings. The van der Waals surface area contributed by atoms with Crippen LogP contribution < -0.4 is 0 Å². The molecule has 0 aliphatic heterocycles. The van der Waals surface area contributed by atoms with Gasteiger partial charge in [0.1, 0.15) is 0 Å². The Labute approximate surface area is 63.7 Å². The molecule has 0 aliphatic carbocycles. The molecule has 1 rings (SSSR count). The predicted octanol–water partition coefficient (Wildman–Crippen LogP) is 1.95. The first-order valence-electron chi connectivity index (χ1n) is 2.67. The van der Waals surface area contributed by atoms with E-state index in [4.69, 9.17) is 16.8 Å². The highest BCUT2D eigenvalue weighted by Gasteiger charge is 1.87. The molecule has 51 valence electrons. The summed E-state index contributed by atoms with van der Waals surface area (Å²) < 4.78 is 0. The van der Waals surface area contributed by atoms with Gasteiger partial charge >= 0.3 is 0 Å². The van der Waals surface area contributed by atoms with Crippen LogP contribution in [0.5, 0.6) is 0 Å². The minimum absolute atomic E-state index is 0.551. The zero-order valence-electron chi connectivity index (χ0n) is 5.08. The highest BCUT2D eigenvalue weighted by Crippen LogP contribution is 2.06. The Morgan fingerprint density at radius 1 is 1.60 bits per heavy atom. The molecule has 0 heterocycles. The third-order valence-corrected chi connectivity index (χ3v) is 1.24. The standard InChI is InChI=1S/C7H5ClNO/c8-7-3-1-6(2-4-7)5-9-10/h1-3,5,10H/b9-5-. The first-order chi connectivity index (χ1) is 4.83. The van der Waals surface area contributed by atoms with Crippen LogP contribution in [0.2, 0.25) is 5.02 Å². The van der Waals surface area contributed by atoms with Gasteiger partial charge in [0.2, 0.25) is 0 Å². The van der Waals surface area contributed by atoms with Crippen molar-refractivity contribution in [3.63, 3.8) is 0 Å². The van der Waals surface area contributed by atoms with E-state index in [0.717, 1.165) is 5.56 Å². The molecule has 0 unspecified atom stereocenters. The van der Waals surface area contributed by atoms with Gasteiger partial charge in [0, 0.05) is 11.1 Å². The second-order valence-electron chi connectivity index (χ2n) is 1.71. The smallest absolute Gasteiger partial charge is 0.0734 e. The van der Waals surface area contributed by atoms with Crippen LogP contribution in [0.4, 0.5) is 0 Å². The summed E-state index contributed by atoms with van der Waals surface area (Å²) in [6.07, 6.45) is 1.31. The lowest BCUT2D eigenvalue weighted by molar-refractivity contribution is 0.322. The van der Waals surface area contributed by atoms with Crippen molar-refractivity contribution < 1.29 is 5.21 Å². The molecule has 10 heavy (non-hydrogen) atoms. The molecule has 0 saturated heterocycles. The summed E-state index contributed by atoms with van der Waals surface area (Å²) in [5.41, 5.74) is 0.770. The molecule has 0 atom stereocenters. The average Bonchev–Trinajstić information content (AvgIpc) is 1.95. The van der Waals surface area contributed by atoms with Gasteiger partial charge in [0.05, 0.1) is 6.21 Å². The van der Waals surface area contributed by atoms with E-state index in [2.05, 4.69) is 11.2 Å². The van der Waals surface area contributed by atoms with Gasteiger partial charge in [-0.15, -0.1) is 0 Å². The molecule has 0 spiro atoms. The molecule has 1 aromatic carbocycles. The summed E-state index contributed by atoms with van der Waals surface area (Å²) in [5.74, 6) is 0. The summed E-state index contributed by atoms with van der Waals surface area (Å²) in [7, 11) is 0. The maximum atomic E-state index is 8.11. The number of nitrogens with zero attached hydrogens (tertiary/aromatic N) is 1. The van der Waals surface area contributed by atoms with Crippen LogP contribution in [-0.4, -0.2) is 11.4 Å². The molecule has 0 amide bonds. The van der Waals surface area contributed by atoms with Gasteiger partial charge in [0.25, 0.3) is 0 Å². The van der Waals surface area contributed by atoms with Crippen molar-refractivity contribution in [2.75, 3.05) is 0 Å². The number of hydrogen-bond donors (Lipinski definition) is 1. The molecular formula is C7H5ClNO. The number of halogens is 1. The van der Waals surface area contributed by atoms with Crippen LogP contribution in [0.1, 0.15) is 5.56 Å². The van der Waals surface area contributed by atoms with Crippen LogP contribution in [0.3, 0.4) is 0 Å². The van der Waals surface area contributed by atoms with Crippen molar-refractivity contribution in [3.8, 4) is 0 Å². The van der Waals surface area contributed by atoms with E-state index in [1.165, 1.54) is 6.21 Å². The van der Waals surface area contributed by atoms with Gasteiger partial charge in [-0.3, -0.25) is 0 Å². The van der Waals surface area contributed by atoms with E-state index in [-0.39, 0.29) is 0 Å². The Hall–Kier alpha value is -1.02. The summed E-state index contributed by atoms with van der Waals surface area (Å²) in [6.45, 7) is 0. The van der Waals surface area contributed by atoms with E-state index in [9.17, 15) is 0 Å². The van der Waals surface area contributed by atoms with E-state index in [1.54, 1.807) is 18.2 Å². The Balaban J connectivity index is 2.89. The Bertz CT molecular complexity index is 230. The molecule has 0 saturated carbocycles. The quantitative estimate of drug-likeness (QED) is 0.374. The van der Waals surface area contributed by atoms with Gasteiger partial charge < -0.3 is 5.21 Å². The van der Waals surface area contributed by atoms with Crippen molar-refractivity contribution in [3.05, 3.63) is 34.9 Å². The zero-order valence-corrected chi connectivity index (χ0v) is 5.84. The van der Waals surface area contributed by atoms with Crippen molar-refractivity contribution in [1.29, 1.82) is 0 Å². The summed E-state index contributed by atoms with van der Waals surface area (Å²) >= 11 is 5.55. The molecule has 0 fully saturated rings. The monoisotopic (exact) mass is 154 g/mol. The fourth-order valence-corrected chi connectivity index (χ4v) is 0.682. The van der Waals surface area contributed by atoms with Gasteiger partial charge in [-0.1, -0.05) is 22.8 Å². The van der Waals surface area contributed by atoms with E-state index in [0.29, 0.717) is 5.02 Å². The fraction of sp³-hybridized carbons (Fsp3) is 0. The lowest BCUT2D eigenvalue weighted by atomic mass is 10.2. The van der Waals surface area contributed by atoms with Crippen molar-refractivity contribution in [2.24, 2.45) is 5.16 Å². The lowest BCUT2D eigenvalue weighted by Crippen LogP contribution is -1.78. The minimum Gasteiger partial charge on any atom is -0.411 e. The van der Waals surface area contributed by atoms with Gasteiger partial charge in [-0.2, -0.15) is 0 Å². The normalized spacial score (nSPS) is 10.5. The average molecular weight is 155 g/mol. The van der Waals surface area contributed by atoms with Crippen molar-refractivity contribution in [1.82, 2.24) is 0 Å². The SMILES string of the molecule is O/N=C\c1c[c]c(Cl)cc1. The first kappa shape index (κ1) is 7.09. The summed E-state index contributed by atoms with van der Waals surface area (Å²) in [5, 5.41) is 11.5. The molecule has 1 aromatic rings. The molecular weight excluding hydrogens is 150 g/mol. The highest BCUT2D eigenvalue weighted by molar-refractivity contribution is 6.30. The van der Waals surface area contributed by atoms with Gasteiger partial charge in [-0.25, -0.2) is 0 Å². The number of oxime groups is 1. The van der Waals surface area contributed by atoms with Crippen LogP contribution in [0, 0.1) is 6.07 Å². The Morgan fingerprint density at radius 2 is 2.40 bits per heavy atom. The van der Waals surface area contributed by atoms with Crippen LogP contribution >= 0.6 is 11.6 Å². The van der Waals surface area contributed by atoms with Gasteiger partial charge in [-0.05, 0) is 17.7 Å². The largest absolute Gasteiger partial charge is 0.411 e. The highest BCUT2D eigenvalue weighted by atomic mass is 35.5. The summed E-state index contributed by atoms with van der Waals surface area (Å²) in [4.78, 5) is 0. The molecule has 2 nitrogen and oxygen atoms in total. The number of hydrogen-bond acceptors (Lipinski definition) is 2. The predicted molar refractivity (Wildman–Crippen MR) is 39.7 cm³/mol. The number of rotatable bonds is 1. The third-order valence-electron chi connectivity index (χ3n) is 1.01. The molecule has 0 bridgehead atoms. The summed E-state index contributed by atoms with van der Waals surface area (Å²) in [6, 6.07) is 7.80. The minimum atomic E-state index is 0.551. The van der Waals surface area contributed by atoms with E-state index >= 15 is 0 Å². The first-order valence-corrected chi connectivity index (χ1v) is 3.05. The van der Waals surface area contributed by atoms with E-state index < -0.39 is 0 Å². The number of benzene rings is 1. The van der Waals surface area contributed by atoms with Gasteiger partial charge in [0.15, 0.2) is 0 Å². The van der Waals surface area contributed by atoms with Crippen LogP contribution in [0.25, 0.3) is 0 Å². The molecule has 0 aromatic heterocycles. The second kappa shape index (κ2) is 3.22. The maximum Gasteiger partial charge on any atom is 0.0734 e. The second-order valence-corrected chi connectivity index (χ2v) is 2.12.